The SMILES string of the molecule is CC.COC(=O)c1ccc2c(c1)C(NC(=O)OC(C)C)[C@H](C)CN2C(C)=O. The van der Waals surface area contributed by atoms with Crippen molar-refractivity contribution in [3.05, 3.63) is 29.3 Å². The fourth-order valence-electron chi connectivity index (χ4n) is 2.99. The van der Waals surface area contributed by atoms with Crippen LogP contribution in [0.15, 0.2) is 18.2 Å². The van der Waals surface area contributed by atoms with Gasteiger partial charge in [-0.25, -0.2) is 9.59 Å². The second-order valence-corrected chi connectivity index (χ2v) is 6.45. The molecule has 150 valence electrons. The van der Waals surface area contributed by atoms with Gasteiger partial charge in [0.1, 0.15) is 0 Å². The van der Waals surface area contributed by atoms with E-state index in [-0.39, 0.29) is 24.0 Å². The quantitative estimate of drug-likeness (QED) is 0.811. The Balaban J connectivity index is 0.00000176. The second-order valence-electron chi connectivity index (χ2n) is 6.45. The predicted molar refractivity (Wildman–Crippen MR) is 104 cm³/mol. The van der Waals surface area contributed by atoms with Gasteiger partial charge in [-0.2, -0.15) is 0 Å². The third-order valence-corrected chi connectivity index (χ3v) is 4.11. The van der Waals surface area contributed by atoms with Crippen LogP contribution >= 0.6 is 0 Å². The molecule has 0 fully saturated rings. The van der Waals surface area contributed by atoms with Crippen LogP contribution in [-0.4, -0.2) is 37.7 Å². The molecule has 7 nitrogen and oxygen atoms in total. The lowest BCUT2D eigenvalue weighted by Gasteiger charge is -2.38. The smallest absolute Gasteiger partial charge is 0.407 e. The summed E-state index contributed by atoms with van der Waals surface area (Å²) in [6.07, 6.45) is -0.772. The summed E-state index contributed by atoms with van der Waals surface area (Å²) in [5.41, 5.74) is 1.73. The van der Waals surface area contributed by atoms with Crippen LogP contribution in [0, 0.1) is 5.92 Å². The van der Waals surface area contributed by atoms with E-state index in [4.69, 9.17) is 9.47 Å². The highest BCUT2D eigenvalue weighted by Gasteiger charge is 2.34. The zero-order valence-corrected chi connectivity index (χ0v) is 17.2. The third-order valence-electron chi connectivity index (χ3n) is 4.11. The molecule has 1 aliphatic rings. The third kappa shape index (κ3) is 5.45. The first-order valence-corrected chi connectivity index (χ1v) is 9.22. The molecule has 0 radical (unpaired) electrons. The highest BCUT2D eigenvalue weighted by atomic mass is 16.6. The fraction of sp³-hybridized carbons (Fsp3) is 0.550. The van der Waals surface area contributed by atoms with Gasteiger partial charge in [0.2, 0.25) is 5.91 Å². The standard InChI is InChI=1S/C18H24N2O5.C2H6/c1-10(2)25-18(23)19-16-11(3)9-20(12(4)21)15-7-6-13(8-14(15)16)17(22)24-5;1-2/h6-8,10-11,16H,9H2,1-5H3,(H,19,23);1-2H3/t11-,16?;/m1./s1. The van der Waals surface area contributed by atoms with Crippen molar-refractivity contribution in [1.82, 2.24) is 5.32 Å². The normalized spacial score (nSPS) is 18.0. The molecule has 1 unspecified atom stereocenters. The minimum atomic E-state index is -0.530. The molecule has 0 saturated carbocycles. The number of esters is 1. The number of hydrogen-bond donors (Lipinski definition) is 1. The van der Waals surface area contributed by atoms with E-state index in [1.165, 1.54) is 14.0 Å². The summed E-state index contributed by atoms with van der Waals surface area (Å²) in [6.45, 7) is 11.4. The van der Waals surface area contributed by atoms with Crippen LogP contribution in [0.4, 0.5) is 10.5 Å². The van der Waals surface area contributed by atoms with Gasteiger partial charge in [-0.15, -0.1) is 0 Å². The largest absolute Gasteiger partial charge is 0.465 e. The van der Waals surface area contributed by atoms with E-state index in [0.29, 0.717) is 23.4 Å². The number of methoxy groups -OCH3 is 1. The van der Waals surface area contributed by atoms with Crippen LogP contribution in [0.1, 0.15) is 63.5 Å². The highest BCUT2D eigenvalue weighted by Crippen LogP contribution is 2.38. The molecule has 0 saturated heterocycles. The van der Waals surface area contributed by atoms with E-state index in [1.807, 2.05) is 20.8 Å². The lowest BCUT2D eigenvalue weighted by molar-refractivity contribution is -0.116. The first kappa shape index (κ1) is 22.5. The molecule has 1 heterocycles. The Hall–Kier alpha value is -2.57. The minimum absolute atomic E-state index is 0.0518. The first-order chi connectivity index (χ1) is 12.7. The summed E-state index contributed by atoms with van der Waals surface area (Å²) in [5.74, 6) is -0.620. The number of carbonyl (C=O) groups excluding carboxylic acids is 3. The van der Waals surface area contributed by atoms with E-state index < -0.39 is 12.1 Å². The van der Waals surface area contributed by atoms with Crippen molar-refractivity contribution in [2.45, 2.75) is 53.7 Å². The molecule has 2 rings (SSSR count). The van der Waals surface area contributed by atoms with Gasteiger partial charge >= 0.3 is 12.1 Å². The summed E-state index contributed by atoms with van der Waals surface area (Å²) >= 11 is 0. The molecule has 1 aromatic rings. The number of rotatable bonds is 3. The molecule has 7 heteroatoms. The van der Waals surface area contributed by atoms with Crippen molar-refractivity contribution >= 4 is 23.7 Å². The van der Waals surface area contributed by atoms with Gasteiger partial charge in [-0.3, -0.25) is 4.79 Å². The van der Waals surface area contributed by atoms with Gasteiger partial charge < -0.3 is 19.7 Å². The lowest BCUT2D eigenvalue weighted by atomic mass is 9.87. The molecule has 0 bridgehead atoms. The topological polar surface area (TPSA) is 84.9 Å². The van der Waals surface area contributed by atoms with E-state index >= 15 is 0 Å². The monoisotopic (exact) mass is 378 g/mol. The number of amides is 2. The molecular formula is C20H30N2O5. The van der Waals surface area contributed by atoms with Gasteiger partial charge in [0, 0.05) is 19.2 Å². The molecule has 27 heavy (non-hydrogen) atoms. The average molecular weight is 378 g/mol. The summed E-state index contributed by atoms with van der Waals surface area (Å²) in [7, 11) is 1.31. The van der Waals surface area contributed by atoms with Crippen molar-refractivity contribution in [2.24, 2.45) is 5.92 Å². The van der Waals surface area contributed by atoms with Crippen molar-refractivity contribution in [2.75, 3.05) is 18.6 Å². The summed E-state index contributed by atoms with van der Waals surface area (Å²) in [5, 5.41) is 2.85. The maximum Gasteiger partial charge on any atom is 0.407 e. The molecule has 2 amide bonds. The van der Waals surface area contributed by atoms with Gasteiger partial charge in [0.15, 0.2) is 0 Å². The highest BCUT2D eigenvalue weighted by molar-refractivity contribution is 5.95. The van der Waals surface area contributed by atoms with Gasteiger partial charge in [-0.05, 0) is 43.5 Å². The lowest BCUT2D eigenvalue weighted by Crippen LogP contribution is -2.45. The first-order valence-electron chi connectivity index (χ1n) is 9.22. The minimum Gasteiger partial charge on any atom is -0.465 e. The number of nitrogens with zero attached hydrogens (tertiary/aromatic N) is 1. The Bertz CT molecular complexity index is 687. The number of carbonyl (C=O) groups is 3. The van der Waals surface area contributed by atoms with E-state index in [0.717, 1.165) is 0 Å². The van der Waals surface area contributed by atoms with Gasteiger partial charge in [0.25, 0.3) is 0 Å². The van der Waals surface area contributed by atoms with Crippen LogP contribution in [0.25, 0.3) is 0 Å². The molecule has 0 aliphatic carbocycles. The Morgan fingerprint density at radius 2 is 1.85 bits per heavy atom. The molecule has 1 N–H and O–H groups in total. The number of nitrogens with one attached hydrogen (secondary N) is 1. The molecule has 1 aromatic carbocycles. The molecule has 2 atom stereocenters. The summed E-state index contributed by atoms with van der Waals surface area (Å²) < 4.78 is 9.93. The maximum atomic E-state index is 12.1. The molecule has 1 aliphatic heterocycles. The Morgan fingerprint density at radius 3 is 2.37 bits per heavy atom. The van der Waals surface area contributed by atoms with Crippen LogP contribution < -0.4 is 10.2 Å². The van der Waals surface area contributed by atoms with Crippen molar-refractivity contribution in [3.63, 3.8) is 0 Å². The number of benzene rings is 1. The van der Waals surface area contributed by atoms with Gasteiger partial charge in [0.05, 0.1) is 24.8 Å². The van der Waals surface area contributed by atoms with Crippen LogP contribution in [0.2, 0.25) is 0 Å². The maximum absolute atomic E-state index is 12.1. The Kier molecular flexibility index (Phi) is 8.28. The summed E-state index contributed by atoms with van der Waals surface area (Å²) in [6, 6.07) is 4.60. The fourth-order valence-corrected chi connectivity index (χ4v) is 2.99. The number of anilines is 1. The van der Waals surface area contributed by atoms with Crippen molar-refractivity contribution in [3.8, 4) is 0 Å². The van der Waals surface area contributed by atoms with E-state index in [2.05, 4.69) is 5.32 Å². The second kappa shape index (κ2) is 9.94. The average Bonchev–Trinajstić information content (AvgIpc) is 2.63. The molecule has 0 aromatic heterocycles. The molecular weight excluding hydrogens is 348 g/mol. The predicted octanol–water partition coefficient (Wildman–Crippen LogP) is 3.68. The van der Waals surface area contributed by atoms with E-state index in [9.17, 15) is 14.4 Å². The zero-order chi connectivity index (χ0) is 20.7. The van der Waals surface area contributed by atoms with Crippen LogP contribution in [0.3, 0.4) is 0 Å². The zero-order valence-electron chi connectivity index (χ0n) is 17.2. The number of ether oxygens (including phenoxy) is 2. The van der Waals surface area contributed by atoms with Crippen molar-refractivity contribution < 1.29 is 23.9 Å². The number of alkyl carbamates (subject to hydrolysis) is 1. The Labute approximate surface area is 161 Å². The van der Waals surface area contributed by atoms with Gasteiger partial charge in [-0.1, -0.05) is 20.8 Å². The molecule has 0 spiro atoms. The number of fused-ring (bicyclic) bond motifs is 1. The van der Waals surface area contributed by atoms with Crippen LogP contribution in [-0.2, 0) is 14.3 Å². The van der Waals surface area contributed by atoms with Crippen LogP contribution in [0.5, 0.6) is 0 Å². The Morgan fingerprint density at radius 1 is 1.22 bits per heavy atom. The van der Waals surface area contributed by atoms with E-state index in [1.54, 1.807) is 36.9 Å². The summed E-state index contributed by atoms with van der Waals surface area (Å²) in [4.78, 5) is 37.5. The number of hydrogen-bond acceptors (Lipinski definition) is 5. The van der Waals surface area contributed by atoms with Crippen molar-refractivity contribution in [1.29, 1.82) is 0 Å².